The van der Waals surface area contributed by atoms with Crippen molar-refractivity contribution in [2.75, 3.05) is 13.1 Å². The van der Waals surface area contributed by atoms with E-state index in [0.29, 0.717) is 18.1 Å². The van der Waals surface area contributed by atoms with Gasteiger partial charge < -0.3 is 9.47 Å². The molecule has 1 saturated heterocycles. The minimum atomic E-state index is -4.84. The number of sulfonamides is 1. The molecule has 2 heterocycles. The van der Waals surface area contributed by atoms with E-state index in [9.17, 15) is 21.6 Å². The standard InChI is InChI=1S/C17H18F3N3O4S/c1-11-9-16(22-12(2)21-11)26-14-7-8-23(10-14)28(24,25)15-5-3-13(4-6-15)27-17(18,19)20/h3-6,9,14H,7-8,10H2,1-2H3/t14-/m1/s1. The van der Waals surface area contributed by atoms with Gasteiger partial charge in [-0.2, -0.15) is 9.29 Å². The third-order valence-corrected chi connectivity index (χ3v) is 5.91. The number of hydrogen-bond acceptors (Lipinski definition) is 6. The van der Waals surface area contributed by atoms with Gasteiger partial charge >= 0.3 is 6.36 Å². The smallest absolute Gasteiger partial charge is 0.473 e. The summed E-state index contributed by atoms with van der Waals surface area (Å²) in [6.07, 6.45) is -4.75. The van der Waals surface area contributed by atoms with Crippen molar-refractivity contribution >= 4 is 10.0 Å². The SMILES string of the molecule is Cc1cc(O[C@@H]2CCN(S(=O)(=O)c3ccc(OC(F)(F)F)cc3)C2)nc(C)n1. The molecule has 0 unspecified atom stereocenters. The van der Waals surface area contributed by atoms with Crippen molar-refractivity contribution < 1.29 is 31.1 Å². The van der Waals surface area contributed by atoms with Gasteiger partial charge in [0.25, 0.3) is 0 Å². The Morgan fingerprint density at radius 2 is 1.82 bits per heavy atom. The van der Waals surface area contributed by atoms with Crippen molar-refractivity contribution in [1.29, 1.82) is 0 Å². The number of alkyl halides is 3. The lowest BCUT2D eigenvalue weighted by atomic mass is 10.3. The second-order valence-electron chi connectivity index (χ2n) is 6.31. The monoisotopic (exact) mass is 417 g/mol. The zero-order valence-electron chi connectivity index (χ0n) is 15.1. The molecule has 1 atom stereocenters. The lowest BCUT2D eigenvalue weighted by molar-refractivity contribution is -0.274. The number of ether oxygens (including phenoxy) is 2. The van der Waals surface area contributed by atoms with E-state index in [-0.39, 0.29) is 24.1 Å². The van der Waals surface area contributed by atoms with E-state index in [0.717, 1.165) is 30.0 Å². The highest BCUT2D eigenvalue weighted by Crippen LogP contribution is 2.27. The maximum atomic E-state index is 12.7. The highest BCUT2D eigenvalue weighted by Gasteiger charge is 2.35. The molecule has 3 rings (SSSR count). The Labute approximate surface area is 160 Å². The number of rotatable bonds is 5. The van der Waals surface area contributed by atoms with Crippen molar-refractivity contribution in [2.45, 2.75) is 37.6 Å². The molecule has 7 nitrogen and oxygen atoms in total. The summed E-state index contributed by atoms with van der Waals surface area (Å²) in [5, 5.41) is 0. The fourth-order valence-corrected chi connectivity index (χ4v) is 4.38. The van der Waals surface area contributed by atoms with Gasteiger partial charge in [0.15, 0.2) is 0 Å². The number of hydrogen-bond donors (Lipinski definition) is 0. The minimum Gasteiger partial charge on any atom is -0.473 e. The Bertz CT molecular complexity index is 929. The molecule has 0 aliphatic carbocycles. The molecule has 1 aliphatic heterocycles. The van der Waals surface area contributed by atoms with Gasteiger partial charge in [0.1, 0.15) is 17.7 Å². The average molecular weight is 417 g/mol. The lowest BCUT2D eigenvalue weighted by Crippen LogP contribution is -2.31. The van der Waals surface area contributed by atoms with E-state index in [4.69, 9.17) is 4.74 Å². The first-order valence-electron chi connectivity index (χ1n) is 8.38. The fourth-order valence-electron chi connectivity index (χ4n) is 2.89. The van der Waals surface area contributed by atoms with E-state index in [1.165, 1.54) is 4.31 Å². The van der Waals surface area contributed by atoms with Gasteiger partial charge in [0.2, 0.25) is 15.9 Å². The van der Waals surface area contributed by atoms with Crippen LogP contribution in [0, 0.1) is 13.8 Å². The molecular formula is C17H18F3N3O4S. The summed E-state index contributed by atoms with van der Waals surface area (Å²) in [7, 11) is -3.86. The van der Waals surface area contributed by atoms with Gasteiger partial charge in [0.05, 0.1) is 11.4 Å². The molecule has 0 spiro atoms. The summed E-state index contributed by atoms with van der Waals surface area (Å²) < 4.78 is 72.9. The quantitative estimate of drug-likeness (QED) is 0.744. The molecule has 1 aromatic heterocycles. The Morgan fingerprint density at radius 1 is 1.14 bits per heavy atom. The summed E-state index contributed by atoms with van der Waals surface area (Å²) in [6.45, 7) is 3.89. The predicted octanol–water partition coefficient (Wildman–Crippen LogP) is 2.83. The van der Waals surface area contributed by atoms with Gasteiger partial charge in [-0.15, -0.1) is 13.2 Å². The Kier molecular flexibility index (Phi) is 5.48. The van der Waals surface area contributed by atoms with E-state index >= 15 is 0 Å². The zero-order chi connectivity index (χ0) is 20.5. The molecule has 1 aromatic carbocycles. The number of benzene rings is 1. The molecule has 0 bridgehead atoms. The van der Waals surface area contributed by atoms with Gasteiger partial charge in [0, 0.05) is 18.3 Å². The van der Waals surface area contributed by atoms with Crippen LogP contribution in [0.1, 0.15) is 17.9 Å². The van der Waals surface area contributed by atoms with E-state index in [1.807, 2.05) is 0 Å². The van der Waals surface area contributed by atoms with Crippen LogP contribution in [0.3, 0.4) is 0 Å². The highest BCUT2D eigenvalue weighted by molar-refractivity contribution is 7.89. The summed E-state index contributed by atoms with van der Waals surface area (Å²) >= 11 is 0. The number of halogens is 3. The first-order valence-corrected chi connectivity index (χ1v) is 9.82. The Morgan fingerprint density at radius 3 is 2.43 bits per heavy atom. The second-order valence-corrected chi connectivity index (χ2v) is 8.24. The van der Waals surface area contributed by atoms with Crippen LogP contribution < -0.4 is 9.47 Å². The molecule has 0 saturated carbocycles. The van der Waals surface area contributed by atoms with Crippen molar-refractivity contribution in [3.8, 4) is 11.6 Å². The van der Waals surface area contributed by atoms with Gasteiger partial charge in [-0.1, -0.05) is 0 Å². The summed E-state index contributed by atoms with van der Waals surface area (Å²) in [5.41, 5.74) is 0.742. The lowest BCUT2D eigenvalue weighted by Gasteiger charge is -2.17. The number of aryl methyl sites for hydroxylation is 2. The highest BCUT2D eigenvalue weighted by atomic mass is 32.2. The maximum absolute atomic E-state index is 12.7. The summed E-state index contributed by atoms with van der Waals surface area (Å²) in [5.74, 6) is 0.449. The number of nitrogens with zero attached hydrogens (tertiary/aromatic N) is 3. The molecule has 0 amide bonds. The van der Waals surface area contributed by atoms with Crippen molar-refractivity contribution in [3.05, 3.63) is 41.9 Å². The first-order chi connectivity index (χ1) is 13.0. The molecule has 152 valence electrons. The number of aromatic nitrogens is 2. The van der Waals surface area contributed by atoms with Crippen molar-refractivity contribution in [2.24, 2.45) is 0 Å². The van der Waals surface area contributed by atoms with Crippen LogP contribution in [0.15, 0.2) is 35.2 Å². The van der Waals surface area contributed by atoms with E-state index in [2.05, 4.69) is 14.7 Å². The van der Waals surface area contributed by atoms with Crippen LogP contribution >= 0.6 is 0 Å². The molecule has 0 N–H and O–H groups in total. The molecule has 2 aromatic rings. The largest absolute Gasteiger partial charge is 0.573 e. The molecule has 11 heteroatoms. The molecular weight excluding hydrogens is 399 g/mol. The van der Waals surface area contributed by atoms with E-state index in [1.54, 1.807) is 19.9 Å². The van der Waals surface area contributed by atoms with Crippen LogP contribution in [-0.2, 0) is 10.0 Å². The second kappa shape index (κ2) is 7.55. The minimum absolute atomic E-state index is 0.114. The molecule has 1 aliphatic rings. The first kappa shape index (κ1) is 20.3. The van der Waals surface area contributed by atoms with Crippen LogP contribution in [0.5, 0.6) is 11.6 Å². The molecule has 0 radical (unpaired) electrons. The molecule has 1 fully saturated rings. The van der Waals surface area contributed by atoms with Gasteiger partial charge in [-0.05, 0) is 44.5 Å². The van der Waals surface area contributed by atoms with Crippen molar-refractivity contribution in [1.82, 2.24) is 14.3 Å². The summed E-state index contributed by atoms with van der Waals surface area (Å²) in [4.78, 5) is 8.21. The maximum Gasteiger partial charge on any atom is 0.573 e. The topological polar surface area (TPSA) is 81.6 Å². The predicted molar refractivity (Wildman–Crippen MR) is 92.4 cm³/mol. The van der Waals surface area contributed by atoms with Crippen LogP contribution in [-0.4, -0.2) is 48.2 Å². The van der Waals surface area contributed by atoms with Crippen LogP contribution in [0.4, 0.5) is 13.2 Å². The Balaban J connectivity index is 1.68. The fraction of sp³-hybridized carbons (Fsp3) is 0.412. The van der Waals surface area contributed by atoms with Crippen LogP contribution in [0.25, 0.3) is 0 Å². The van der Waals surface area contributed by atoms with Gasteiger partial charge in [-0.25, -0.2) is 13.4 Å². The van der Waals surface area contributed by atoms with Gasteiger partial charge in [-0.3, -0.25) is 0 Å². The third kappa shape index (κ3) is 4.90. The summed E-state index contributed by atoms with van der Waals surface area (Å²) in [6, 6.07) is 5.78. The van der Waals surface area contributed by atoms with Crippen molar-refractivity contribution in [3.63, 3.8) is 0 Å². The van der Waals surface area contributed by atoms with Crippen LogP contribution in [0.2, 0.25) is 0 Å². The molecule has 28 heavy (non-hydrogen) atoms. The Hall–Kier alpha value is -2.40. The zero-order valence-corrected chi connectivity index (χ0v) is 15.9. The average Bonchev–Trinajstić information content (AvgIpc) is 3.02. The van der Waals surface area contributed by atoms with E-state index < -0.39 is 22.1 Å². The normalized spacial score (nSPS) is 18.2. The third-order valence-electron chi connectivity index (χ3n) is 4.03.